The molecule has 2 N–H and O–H groups in total. The number of amides is 1. The van der Waals surface area contributed by atoms with Crippen LogP contribution in [0.2, 0.25) is 0 Å². The number of carbonyl (C=O) groups is 1. The van der Waals surface area contributed by atoms with Crippen LogP contribution in [0.1, 0.15) is 30.8 Å². The molecule has 0 bridgehead atoms. The van der Waals surface area contributed by atoms with Crippen LogP contribution in [-0.4, -0.2) is 36.6 Å². The first-order chi connectivity index (χ1) is 12.0. The van der Waals surface area contributed by atoms with Gasteiger partial charge >= 0.3 is 0 Å². The van der Waals surface area contributed by atoms with Crippen molar-refractivity contribution in [1.82, 2.24) is 15.3 Å². The van der Waals surface area contributed by atoms with Gasteiger partial charge in [0.15, 0.2) is 11.5 Å². The molecule has 1 aromatic carbocycles. The number of anilines is 2. The minimum atomic E-state index is -0.217. The van der Waals surface area contributed by atoms with E-state index in [9.17, 15) is 4.79 Å². The molecule has 134 valence electrons. The van der Waals surface area contributed by atoms with Gasteiger partial charge in [-0.15, -0.1) is 0 Å². The number of hydrogen-bond donors (Lipinski definition) is 2. The van der Waals surface area contributed by atoms with Crippen LogP contribution in [0.25, 0.3) is 0 Å². The third kappa shape index (κ3) is 5.34. The van der Waals surface area contributed by atoms with Crippen LogP contribution in [-0.2, 0) is 0 Å². The van der Waals surface area contributed by atoms with E-state index >= 15 is 0 Å². The summed E-state index contributed by atoms with van der Waals surface area (Å²) in [6, 6.07) is 5.44. The summed E-state index contributed by atoms with van der Waals surface area (Å²) in [7, 11) is 3.16. The maximum Gasteiger partial charge on any atom is 0.271 e. The van der Waals surface area contributed by atoms with Crippen molar-refractivity contribution in [2.75, 3.05) is 26.1 Å². The van der Waals surface area contributed by atoms with Crippen molar-refractivity contribution in [2.45, 2.75) is 20.3 Å². The lowest BCUT2D eigenvalue weighted by Crippen LogP contribution is -2.26. The van der Waals surface area contributed by atoms with Crippen LogP contribution in [0.5, 0.6) is 11.5 Å². The van der Waals surface area contributed by atoms with E-state index in [1.54, 1.807) is 26.4 Å². The Labute approximate surface area is 147 Å². The van der Waals surface area contributed by atoms with Crippen molar-refractivity contribution in [3.05, 3.63) is 36.3 Å². The Hall–Kier alpha value is -2.83. The summed E-state index contributed by atoms with van der Waals surface area (Å²) in [5.41, 5.74) is 1.07. The number of aromatic nitrogens is 2. The Kier molecular flexibility index (Phi) is 6.56. The number of nitrogens with one attached hydrogen (secondary N) is 2. The smallest absolute Gasteiger partial charge is 0.271 e. The largest absolute Gasteiger partial charge is 0.493 e. The summed E-state index contributed by atoms with van der Waals surface area (Å²) in [6.45, 7) is 4.85. The van der Waals surface area contributed by atoms with Gasteiger partial charge in [0.2, 0.25) is 0 Å². The SMILES string of the molecule is COc1ccc(Nc2cnc(C(=O)NCCC(C)C)cn2)cc1OC. The topological polar surface area (TPSA) is 85.4 Å². The van der Waals surface area contributed by atoms with Crippen LogP contribution in [0.4, 0.5) is 11.5 Å². The average Bonchev–Trinajstić information content (AvgIpc) is 2.61. The highest BCUT2D eigenvalue weighted by molar-refractivity contribution is 5.92. The molecule has 7 heteroatoms. The summed E-state index contributed by atoms with van der Waals surface area (Å²) in [6.07, 6.45) is 3.90. The molecular weight excluding hydrogens is 320 g/mol. The van der Waals surface area contributed by atoms with Crippen molar-refractivity contribution in [2.24, 2.45) is 5.92 Å². The summed E-state index contributed by atoms with van der Waals surface area (Å²) < 4.78 is 10.5. The molecule has 0 fully saturated rings. The van der Waals surface area contributed by atoms with Crippen LogP contribution < -0.4 is 20.1 Å². The Morgan fingerprint density at radius 3 is 2.48 bits per heavy atom. The minimum Gasteiger partial charge on any atom is -0.493 e. The number of nitrogens with zero attached hydrogens (tertiary/aromatic N) is 2. The lowest BCUT2D eigenvalue weighted by atomic mass is 10.1. The van der Waals surface area contributed by atoms with E-state index in [1.807, 2.05) is 6.07 Å². The van der Waals surface area contributed by atoms with Gasteiger partial charge in [-0.1, -0.05) is 13.8 Å². The second-order valence-electron chi connectivity index (χ2n) is 5.92. The standard InChI is InChI=1S/C18H24N4O3/c1-12(2)7-8-19-18(23)14-10-21-17(11-20-14)22-13-5-6-15(24-3)16(9-13)25-4/h5-6,9-12H,7-8H2,1-4H3,(H,19,23)(H,21,22). The molecule has 2 aromatic rings. The molecule has 0 aliphatic carbocycles. The molecule has 2 rings (SSSR count). The molecule has 1 amide bonds. The Balaban J connectivity index is 1.99. The van der Waals surface area contributed by atoms with Gasteiger partial charge in [0.25, 0.3) is 5.91 Å². The highest BCUT2D eigenvalue weighted by Gasteiger charge is 2.09. The fraction of sp³-hybridized carbons (Fsp3) is 0.389. The molecule has 0 spiro atoms. The van der Waals surface area contributed by atoms with E-state index in [0.717, 1.165) is 12.1 Å². The van der Waals surface area contributed by atoms with Gasteiger partial charge in [0.1, 0.15) is 11.5 Å². The zero-order chi connectivity index (χ0) is 18.2. The second kappa shape index (κ2) is 8.86. The average molecular weight is 344 g/mol. The number of rotatable bonds is 8. The van der Waals surface area contributed by atoms with Crippen LogP contribution >= 0.6 is 0 Å². The Morgan fingerprint density at radius 2 is 1.88 bits per heavy atom. The van der Waals surface area contributed by atoms with Crippen molar-refractivity contribution in [3.63, 3.8) is 0 Å². The molecule has 0 aliphatic rings. The van der Waals surface area contributed by atoms with Gasteiger partial charge < -0.3 is 20.1 Å². The van der Waals surface area contributed by atoms with E-state index in [4.69, 9.17) is 9.47 Å². The fourth-order valence-electron chi connectivity index (χ4n) is 2.14. The normalized spacial score (nSPS) is 10.4. The van der Waals surface area contributed by atoms with E-state index in [0.29, 0.717) is 35.5 Å². The predicted molar refractivity (Wildman–Crippen MR) is 96.6 cm³/mol. The van der Waals surface area contributed by atoms with Crippen molar-refractivity contribution >= 4 is 17.4 Å². The molecule has 0 aliphatic heterocycles. The molecule has 0 radical (unpaired) electrons. The van der Waals surface area contributed by atoms with Gasteiger partial charge in [0.05, 0.1) is 26.6 Å². The highest BCUT2D eigenvalue weighted by Crippen LogP contribution is 2.30. The fourth-order valence-corrected chi connectivity index (χ4v) is 2.14. The number of benzene rings is 1. The maximum atomic E-state index is 12.0. The quantitative estimate of drug-likeness (QED) is 0.766. The van der Waals surface area contributed by atoms with Crippen molar-refractivity contribution in [3.8, 4) is 11.5 Å². The summed E-state index contributed by atoms with van der Waals surface area (Å²) >= 11 is 0. The molecule has 25 heavy (non-hydrogen) atoms. The lowest BCUT2D eigenvalue weighted by molar-refractivity contribution is 0.0946. The van der Waals surface area contributed by atoms with E-state index in [-0.39, 0.29) is 5.91 Å². The molecular formula is C18H24N4O3. The number of ether oxygens (including phenoxy) is 2. The van der Waals surface area contributed by atoms with Gasteiger partial charge in [-0.3, -0.25) is 4.79 Å². The first-order valence-corrected chi connectivity index (χ1v) is 8.12. The van der Waals surface area contributed by atoms with E-state index in [2.05, 4.69) is 34.4 Å². The zero-order valence-corrected chi connectivity index (χ0v) is 15.0. The second-order valence-corrected chi connectivity index (χ2v) is 5.92. The summed E-state index contributed by atoms with van der Waals surface area (Å²) in [5.74, 6) is 2.12. The molecule has 1 aromatic heterocycles. The third-order valence-corrected chi connectivity index (χ3v) is 3.55. The van der Waals surface area contributed by atoms with Crippen molar-refractivity contribution in [1.29, 1.82) is 0 Å². The van der Waals surface area contributed by atoms with Gasteiger partial charge in [-0.25, -0.2) is 9.97 Å². The molecule has 1 heterocycles. The summed E-state index contributed by atoms with van der Waals surface area (Å²) in [4.78, 5) is 20.4. The molecule has 0 atom stereocenters. The first kappa shape index (κ1) is 18.5. The van der Waals surface area contributed by atoms with Gasteiger partial charge in [-0.2, -0.15) is 0 Å². The zero-order valence-electron chi connectivity index (χ0n) is 15.0. The predicted octanol–water partition coefficient (Wildman–Crippen LogP) is 3.01. The highest BCUT2D eigenvalue weighted by atomic mass is 16.5. The van der Waals surface area contributed by atoms with E-state index in [1.165, 1.54) is 12.4 Å². The number of methoxy groups -OCH3 is 2. The van der Waals surface area contributed by atoms with Crippen LogP contribution in [0.3, 0.4) is 0 Å². The van der Waals surface area contributed by atoms with Gasteiger partial charge in [0, 0.05) is 18.3 Å². The number of carbonyl (C=O) groups excluding carboxylic acids is 1. The Bertz CT molecular complexity index is 702. The molecule has 0 unspecified atom stereocenters. The van der Waals surface area contributed by atoms with E-state index < -0.39 is 0 Å². The number of hydrogen-bond acceptors (Lipinski definition) is 6. The van der Waals surface area contributed by atoms with Crippen molar-refractivity contribution < 1.29 is 14.3 Å². The third-order valence-electron chi connectivity index (χ3n) is 3.55. The molecule has 0 saturated carbocycles. The van der Waals surface area contributed by atoms with Gasteiger partial charge in [-0.05, 0) is 24.5 Å². The monoisotopic (exact) mass is 344 g/mol. The molecule has 7 nitrogen and oxygen atoms in total. The van der Waals surface area contributed by atoms with Crippen LogP contribution in [0.15, 0.2) is 30.6 Å². The lowest BCUT2D eigenvalue weighted by Gasteiger charge is -2.11. The first-order valence-electron chi connectivity index (χ1n) is 8.12. The minimum absolute atomic E-state index is 0.217. The van der Waals surface area contributed by atoms with Crippen LogP contribution in [0, 0.1) is 5.92 Å². The molecule has 0 saturated heterocycles. The maximum absolute atomic E-state index is 12.0. The Morgan fingerprint density at radius 1 is 1.12 bits per heavy atom. The summed E-state index contributed by atoms with van der Waals surface area (Å²) in [5, 5.41) is 5.95.